The summed E-state index contributed by atoms with van der Waals surface area (Å²) >= 11 is 0. The fraction of sp³-hybridized carbons (Fsp3) is 0.357. The first-order chi connectivity index (χ1) is 8.22. The van der Waals surface area contributed by atoms with Crippen LogP contribution in [0, 0.1) is 13.8 Å². The van der Waals surface area contributed by atoms with Gasteiger partial charge in [-0.2, -0.15) is 5.10 Å². The highest BCUT2D eigenvalue weighted by atomic mass is 15.3. The van der Waals surface area contributed by atoms with Crippen LogP contribution in [0.25, 0.3) is 0 Å². The van der Waals surface area contributed by atoms with Crippen LogP contribution in [0.3, 0.4) is 0 Å². The molecule has 0 aliphatic rings. The topological polar surface area (TPSA) is 29.9 Å². The van der Waals surface area contributed by atoms with Crippen molar-refractivity contribution < 1.29 is 0 Å². The summed E-state index contributed by atoms with van der Waals surface area (Å²) in [6.07, 6.45) is 0. The van der Waals surface area contributed by atoms with Gasteiger partial charge in [-0.3, -0.25) is 4.68 Å². The number of aromatic nitrogens is 2. The van der Waals surface area contributed by atoms with Gasteiger partial charge in [-0.25, -0.2) is 0 Å². The molecule has 2 rings (SSSR count). The van der Waals surface area contributed by atoms with Crippen molar-refractivity contribution in [2.24, 2.45) is 0 Å². The second-order valence-electron chi connectivity index (χ2n) is 4.32. The Kier molecular flexibility index (Phi) is 3.59. The zero-order valence-corrected chi connectivity index (χ0v) is 10.7. The molecule has 0 aliphatic heterocycles. The maximum atomic E-state index is 4.60. The van der Waals surface area contributed by atoms with Crippen LogP contribution in [0.5, 0.6) is 0 Å². The summed E-state index contributed by atoms with van der Waals surface area (Å²) in [4.78, 5) is 0. The third kappa shape index (κ3) is 2.56. The Balaban J connectivity index is 2.25. The second-order valence-corrected chi connectivity index (χ2v) is 4.32. The molecule has 1 aromatic carbocycles. The molecule has 1 aromatic heterocycles. The highest BCUT2D eigenvalue weighted by Crippen LogP contribution is 2.14. The molecule has 3 heteroatoms. The van der Waals surface area contributed by atoms with Gasteiger partial charge in [0, 0.05) is 17.8 Å². The minimum atomic E-state index is 0.844. The molecule has 90 valence electrons. The molecule has 0 unspecified atom stereocenters. The summed E-state index contributed by atoms with van der Waals surface area (Å²) in [6, 6.07) is 10.4. The van der Waals surface area contributed by atoms with E-state index in [0.717, 1.165) is 18.8 Å². The first kappa shape index (κ1) is 11.9. The summed E-state index contributed by atoms with van der Waals surface area (Å²) in [7, 11) is 1.97. The minimum absolute atomic E-state index is 0.844. The molecule has 0 fully saturated rings. The minimum Gasteiger partial charge on any atom is -0.316 e. The molecule has 17 heavy (non-hydrogen) atoms. The van der Waals surface area contributed by atoms with Gasteiger partial charge in [-0.05, 0) is 26.5 Å². The third-order valence-corrected chi connectivity index (χ3v) is 3.06. The van der Waals surface area contributed by atoms with Crippen LogP contribution in [0.4, 0.5) is 0 Å². The van der Waals surface area contributed by atoms with Gasteiger partial charge < -0.3 is 5.32 Å². The molecule has 2 aromatic rings. The number of aryl methyl sites for hydroxylation is 1. The molecule has 0 atom stereocenters. The van der Waals surface area contributed by atoms with Gasteiger partial charge in [0.15, 0.2) is 0 Å². The van der Waals surface area contributed by atoms with E-state index < -0.39 is 0 Å². The van der Waals surface area contributed by atoms with E-state index in [9.17, 15) is 0 Å². The molecule has 0 radical (unpaired) electrons. The van der Waals surface area contributed by atoms with Crippen LogP contribution >= 0.6 is 0 Å². The Bertz CT molecular complexity index is 486. The van der Waals surface area contributed by atoms with E-state index >= 15 is 0 Å². The van der Waals surface area contributed by atoms with Gasteiger partial charge in [0.05, 0.1) is 12.2 Å². The Morgan fingerprint density at radius 1 is 1.18 bits per heavy atom. The maximum Gasteiger partial charge on any atom is 0.0662 e. The highest BCUT2D eigenvalue weighted by molar-refractivity contribution is 5.25. The van der Waals surface area contributed by atoms with Gasteiger partial charge in [0.25, 0.3) is 0 Å². The quantitative estimate of drug-likeness (QED) is 0.871. The van der Waals surface area contributed by atoms with E-state index in [-0.39, 0.29) is 0 Å². The third-order valence-electron chi connectivity index (χ3n) is 3.06. The van der Waals surface area contributed by atoms with E-state index in [1.165, 1.54) is 16.8 Å². The van der Waals surface area contributed by atoms with Gasteiger partial charge in [0.2, 0.25) is 0 Å². The van der Waals surface area contributed by atoms with Crippen molar-refractivity contribution in [2.75, 3.05) is 7.05 Å². The molecule has 1 N–H and O–H groups in total. The van der Waals surface area contributed by atoms with E-state index in [1.54, 1.807) is 0 Å². The van der Waals surface area contributed by atoms with Crippen molar-refractivity contribution in [1.29, 1.82) is 0 Å². The van der Waals surface area contributed by atoms with Crippen molar-refractivity contribution in [3.63, 3.8) is 0 Å². The van der Waals surface area contributed by atoms with Gasteiger partial charge in [-0.1, -0.05) is 30.3 Å². The Morgan fingerprint density at radius 2 is 1.88 bits per heavy atom. The van der Waals surface area contributed by atoms with Crippen LogP contribution < -0.4 is 5.32 Å². The Morgan fingerprint density at radius 3 is 2.53 bits per heavy atom. The molecule has 0 saturated carbocycles. The predicted molar refractivity (Wildman–Crippen MR) is 70.0 cm³/mol. The van der Waals surface area contributed by atoms with Crippen LogP contribution in [0.1, 0.15) is 22.5 Å². The van der Waals surface area contributed by atoms with Crippen LogP contribution in [0.15, 0.2) is 30.3 Å². The van der Waals surface area contributed by atoms with Gasteiger partial charge in [0.1, 0.15) is 0 Å². The average Bonchev–Trinajstić information content (AvgIpc) is 2.59. The standard InChI is InChI=1S/C14H19N3/c1-11-14(9-15-3)12(2)17(16-11)10-13-7-5-4-6-8-13/h4-8,15H,9-10H2,1-3H3. The molecular weight excluding hydrogens is 210 g/mol. The molecule has 0 amide bonds. The van der Waals surface area contributed by atoms with Gasteiger partial charge >= 0.3 is 0 Å². The van der Waals surface area contributed by atoms with Crippen molar-refractivity contribution in [2.45, 2.75) is 26.9 Å². The summed E-state index contributed by atoms with van der Waals surface area (Å²) in [5, 5.41) is 7.79. The van der Waals surface area contributed by atoms with Crippen molar-refractivity contribution in [3.05, 3.63) is 52.8 Å². The number of hydrogen-bond acceptors (Lipinski definition) is 2. The van der Waals surface area contributed by atoms with Gasteiger partial charge in [-0.15, -0.1) is 0 Å². The second kappa shape index (κ2) is 5.15. The zero-order valence-electron chi connectivity index (χ0n) is 10.7. The molecule has 0 bridgehead atoms. The summed E-state index contributed by atoms with van der Waals surface area (Å²) in [5.74, 6) is 0. The molecule has 0 saturated heterocycles. The summed E-state index contributed by atoms with van der Waals surface area (Å²) in [6.45, 7) is 5.93. The van der Waals surface area contributed by atoms with E-state index in [4.69, 9.17) is 0 Å². The molecule has 3 nitrogen and oxygen atoms in total. The number of rotatable bonds is 4. The average molecular weight is 229 g/mol. The fourth-order valence-electron chi connectivity index (χ4n) is 2.08. The fourth-order valence-corrected chi connectivity index (χ4v) is 2.08. The summed E-state index contributed by atoms with van der Waals surface area (Å²) in [5.41, 5.74) is 4.96. The predicted octanol–water partition coefficient (Wildman–Crippen LogP) is 2.27. The largest absolute Gasteiger partial charge is 0.316 e. The molecule has 1 heterocycles. The smallest absolute Gasteiger partial charge is 0.0662 e. The zero-order chi connectivity index (χ0) is 12.3. The van der Waals surface area contributed by atoms with E-state index in [0.29, 0.717) is 0 Å². The number of nitrogens with zero attached hydrogens (tertiary/aromatic N) is 2. The normalized spacial score (nSPS) is 10.8. The van der Waals surface area contributed by atoms with Crippen LogP contribution in [0.2, 0.25) is 0 Å². The van der Waals surface area contributed by atoms with Crippen molar-refractivity contribution in [1.82, 2.24) is 15.1 Å². The first-order valence-electron chi connectivity index (χ1n) is 5.93. The van der Waals surface area contributed by atoms with Crippen molar-refractivity contribution in [3.8, 4) is 0 Å². The summed E-state index contributed by atoms with van der Waals surface area (Å²) < 4.78 is 2.08. The SMILES string of the molecule is CNCc1c(C)nn(Cc2ccccc2)c1C. The number of benzene rings is 1. The highest BCUT2D eigenvalue weighted by Gasteiger charge is 2.10. The van der Waals surface area contributed by atoms with Crippen LogP contribution in [-0.4, -0.2) is 16.8 Å². The van der Waals surface area contributed by atoms with Crippen molar-refractivity contribution >= 4 is 0 Å². The first-order valence-corrected chi connectivity index (χ1v) is 5.93. The monoisotopic (exact) mass is 229 g/mol. The van der Waals surface area contributed by atoms with E-state index in [1.807, 2.05) is 13.1 Å². The lowest BCUT2D eigenvalue weighted by atomic mass is 10.2. The molecule has 0 aliphatic carbocycles. The van der Waals surface area contributed by atoms with Crippen LogP contribution in [-0.2, 0) is 13.1 Å². The number of nitrogens with one attached hydrogen (secondary N) is 1. The molecule has 0 spiro atoms. The lowest BCUT2D eigenvalue weighted by molar-refractivity contribution is 0.657. The number of hydrogen-bond donors (Lipinski definition) is 1. The molecular formula is C14H19N3. The lowest BCUT2D eigenvalue weighted by Crippen LogP contribution is -2.08. The Hall–Kier alpha value is -1.61. The lowest BCUT2D eigenvalue weighted by Gasteiger charge is -2.05. The Labute approximate surface area is 102 Å². The van der Waals surface area contributed by atoms with E-state index in [2.05, 4.69) is 53.2 Å². The maximum absolute atomic E-state index is 4.60.